The summed E-state index contributed by atoms with van der Waals surface area (Å²) >= 11 is 0. The van der Waals surface area contributed by atoms with E-state index in [9.17, 15) is 4.79 Å². The Morgan fingerprint density at radius 3 is 3.05 bits per heavy atom. The number of hydrogen-bond acceptors (Lipinski definition) is 3. The highest BCUT2D eigenvalue weighted by molar-refractivity contribution is 5.85. The maximum atomic E-state index is 12.6. The molecular formula is C16H22N2O2. The molecule has 20 heavy (non-hydrogen) atoms. The maximum Gasteiger partial charge on any atom is 0.228 e. The van der Waals surface area contributed by atoms with Crippen LogP contribution in [0.25, 0.3) is 0 Å². The highest BCUT2D eigenvalue weighted by atomic mass is 16.5. The van der Waals surface area contributed by atoms with E-state index >= 15 is 0 Å². The highest BCUT2D eigenvalue weighted by Gasteiger charge is 2.30. The van der Waals surface area contributed by atoms with Gasteiger partial charge in [-0.1, -0.05) is 18.2 Å². The van der Waals surface area contributed by atoms with Crippen molar-refractivity contribution in [3.8, 4) is 5.75 Å². The third-order valence-electron chi connectivity index (χ3n) is 4.36. The van der Waals surface area contributed by atoms with Gasteiger partial charge in [-0.15, -0.1) is 0 Å². The standard InChI is InChI=1S/C16H22N2O2/c1-11-14(6-4-9-17-11)18-16(19)13-8-10-20-15-7-3-2-5-12(13)15/h2-3,5,7,11,13-14,17H,4,6,8-10H2,1H3,(H,18,19). The topological polar surface area (TPSA) is 50.4 Å². The van der Waals surface area contributed by atoms with Gasteiger partial charge in [0, 0.05) is 17.6 Å². The first-order valence-electron chi connectivity index (χ1n) is 7.51. The van der Waals surface area contributed by atoms with Crippen LogP contribution in [-0.4, -0.2) is 31.1 Å². The summed E-state index contributed by atoms with van der Waals surface area (Å²) < 4.78 is 5.62. The molecule has 1 aromatic carbocycles. The summed E-state index contributed by atoms with van der Waals surface area (Å²) in [4.78, 5) is 12.6. The summed E-state index contributed by atoms with van der Waals surface area (Å²) in [7, 11) is 0. The number of fused-ring (bicyclic) bond motifs is 1. The van der Waals surface area contributed by atoms with Crippen LogP contribution in [-0.2, 0) is 4.79 Å². The quantitative estimate of drug-likeness (QED) is 0.865. The Labute approximate surface area is 119 Å². The van der Waals surface area contributed by atoms with Crippen molar-refractivity contribution >= 4 is 5.91 Å². The number of piperidine rings is 1. The van der Waals surface area contributed by atoms with Crippen molar-refractivity contribution in [2.75, 3.05) is 13.2 Å². The highest BCUT2D eigenvalue weighted by Crippen LogP contribution is 2.33. The molecule has 1 saturated heterocycles. The molecule has 3 unspecified atom stereocenters. The fraction of sp³-hybridized carbons (Fsp3) is 0.562. The predicted octanol–water partition coefficient (Wildman–Crippen LogP) is 1.81. The zero-order valence-corrected chi connectivity index (χ0v) is 11.9. The van der Waals surface area contributed by atoms with Crippen LogP contribution < -0.4 is 15.4 Å². The molecular weight excluding hydrogens is 252 g/mol. The average molecular weight is 274 g/mol. The molecule has 2 heterocycles. The van der Waals surface area contributed by atoms with Crippen molar-refractivity contribution in [1.82, 2.24) is 10.6 Å². The summed E-state index contributed by atoms with van der Waals surface area (Å²) in [6.07, 6.45) is 2.95. The number of benzene rings is 1. The number of amides is 1. The fourth-order valence-corrected chi connectivity index (χ4v) is 3.14. The molecule has 108 valence electrons. The molecule has 0 aliphatic carbocycles. The monoisotopic (exact) mass is 274 g/mol. The fourth-order valence-electron chi connectivity index (χ4n) is 3.14. The van der Waals surface area contributed by atoms with Crippen LogP contribution in [0.1, 0.15) is 37.7 Å². The van der Waals surface area contributed by atoms with Crippen molar-refractivity contribution in [3.05, 3.63) is 29.8 Å². The van der Waals surface area contributed by atoms with Gasteiger partial charge in [-0.3, -0.25) is 4.79 Å². The van der Waals surface area contributed by atoms with Gasteiger partial charge in [0.2, 0.25) is 5.91 Å². The van der Waals surface area contributed by atoms with E-state index in [1.54, 1.807) is 0 Å². The molecule has 2 N–H and O–H groups in total. The Morgan fingerprint density at radius 1 is 1.35 bits per heavy atom. The van der Waals surface area contributed by atoms with Crippen molar-refractivity contribution in [1.29, 1.82) is 0 Å². The molecule has 3 rings (SSSR count). The minimum atomic E-state index is -0.0749. The maximum absolute atomic E-state index is 12.6. The molecule has 3 atom stereocenters. The second kappa shape index (κ2) is 5.83. The molecule has 1 aromatic rings. The lowest BCUT2D eigenvalue weighted by atomic mass is 9.91. The Hall–Kier alpha value is -1.55. The lowest BCUT2D eigenvalue weighted by Crippen LogP contribution is -2.53. The number of hydrogen-bond donors (Lipinski definition) is 2. The van der Waals surface area contributed by atoms with Gasteiger partial charge in [-0.2, -0.15) is 0 Å². The van der Waals surface area contributed by atoms with Gasteiger partial charge in [0.1, 0.15) is 5.75 Å². The number of ether oxygens (including phenoxy) is 1. The van der Waals surface area contributed by atoms with Crippen LogP contribution in [0.15, 0.2) is 24.3 Å². The first-order valence-corrected chi connectivity index (χ1v) is 7.51. The molecule has 0 saturated carbocycles. The van der Waals surface area contributed by atoms with Gasteiger partial charge in [0.05, 0.1) is 12.5 Å². The van der Waals surface area contributed by atoms with Gasteiger partial charge < -0.3 is 15.4 Å². The minimum absolute atomic E-state index is 0.0749. The number of para-hydroxylation sites is 1. The molecule has 0 aromatic heterocycles. The van der Waals surface area contributed by atoms with Gasteiger partial charge in [0.25, 0.3) is 0 Å². The smallest absolute Gasteiger partial charge is 0.228 e. The van der Waals surface area contributed by atoms with Crippen LogP contribution >= 0.6 is 0 Å². The number of carbonyl (C=O) groups excluding carboxylic acids is 1. The molecule has 4 nitrogen and oxygen atoms in total. The van der Waals surface area contributed by atoms with Crippen molar-refractivity contribution in [2.45, 2.75) is 44.2 Å². The van der Waals surface area contributed by atoms with Gasteiger partial charge in [0.15, 0.2) is 0 Å². The SMILES string of the molecule is CC1NCCCC1NC(=O)C1CCOc2ccccc21. The average Bonchev–Trinajstić information content (AvgIpc) is 2.49. The van der Waals surface area contributed by atoms with E-state index in [0.717, 1.165) is 37.1 Å². The summed E-state index contributed by atoms with van der Waals surface area (Å²) in [6.45, 7) is 3.81. The summed E-state index contributed by atoms with van der Waals surface area (Å²) in [5, 5.41) is 6.64. The first-order chi connectivity index (χ1) is 9.75. The van der Waals surface area contributed by atoms with Gasteiger partial charge in [-0.25, -0.2) is 0 Å². The predicted molar refractivity (Wildman–Crippen MR) is 77.9 cm³/mol. The van der Waals surface area contributed by atoms with Crippen LogP contribution in [0.2, 0.25) is 0 Å². The van der Waals surface area contributed by atoms with Crippen molar-refractivity contribution < 1.29 is 9.53 Å². The minimum Gasteiger partial charge on any atom is -0.493 e. The Balaban J connectivity index is 1.72. The zero-order chi connectivity index (χ0) is 13.9. The van der Waals surface area contributed by atoms with E-state index in [1.807, 2.05) is 24.3 Å². The van der Waals surface area contributed by atoms with E-state index in [1.165, 1.54) is 0 Å². The van der Waals surface area contributed by atoms with E-state index < -0.39 is 0 Å². The molecule has 4 heteroatoms. The van der Waals surface area contributed by atoms with Gasteiger partial charge >= 0.3 is 0 Å². The van der Waals surface area contributed by atoms with Crippen LogP contribution in [0, 0.1) is 0 Å². The van der Waals surface area contributed by atoms with E-state index in [0.29, 0.717) is 12.6 Å². The molecule has 2 aliphatic heterocycles. The number of carbonyl (C=O) groups is 1. The van der Waals surface area contributed by atoms with E-state index in [2.05, 4.69) is 17.6 Å². The Morgan fingerprint density at radius 2 is 2.20 bits per heavy atom. The molecule has 2 aliphatic rings. The van der Waals surface area contributed by atoms with Gasteiger partial charge in [-0.05, 0) is 38.8 Å². The van der Waals surface area contributed by atoms with Crippen LogP contribution in [0.5, 0.6) is 5.75 Å². The lowest BCUT2D eigenvalue weighted by Gasteiger charge is -2.33. The largest absolute Gasteiger partial charge is 0.493 e. The Bertz CT molecular complexity index is 489. The zero-order valence-electron chi connectivity index (χ0n) is 11.9. The van der Waals surface area contributed by atoms with Crippen molar-refractivity contribution in [3.63, 3.8) is 0 Å². The molecule has 1 amide bonds. The van der Waals surface area contributed by atoms with Crippen LogP contribution in [0.3, 0.4) is 0 Å². The Kier molecular flexibility index (Phi) is 3.92. The summed E-state index contributed by atoms with van der Waals surface area (Å²) in [5.41, 5.74) is 1.02. The van der Waals surface area contributed by atoms with E-state index in [-0.39, 0.29) is 17.9 Å². The van der Waals surface area contributed by atoms with Crippen molar-refractivity contribution in [2.24, 2.45) is 0 Å². The third-order valence-corrected chi connectivity index (χ3v) is 4.36. The number of nitrogens with one attached hydrogen (secondary N) is 2. The first kappa shape index (κ1) is 13.4. The molecule has 0 radical (unpaired) electrons. The molecule has 0 bridgehead atoms. The second-order valence-corrected chi connectivity index (χ2v) is 5.73. The molecule has 0 spiro atoms. The normalized spacial score (nSPS) is 29.1. The third kappa shape index (κ3) is 2.66. The summed E-state index contributed by atoms with van der Waals surface area (Å²) in [6, 6.07) is 8.46. The second-order valence-electron chi connectivity index (χ2n) is 5.73. The summed E-state index contributed by atoms with van der Waals surface area (Å²) in [5.74, 6) is 0.920. The molecule has 1 fully saturated rings. The van der Waals surface area contributed by atoms with Crippen LogP contribution in [0.4, 0.5) is 0 Å². The number of rotatable bonds is 2. The van der Waals surface area contributed by atoms with E-state index in [4.69, 9.17) is 4.74 Å². The lowest BCUT2D eigenvalue weighted by molar-refractivity contribution is -0.124.